The molecule has 1 atom stereocenters. The molecule has 0 aromatic heterocycles. The third-order valence-electron chi connectivity index (χ3n) is 4.58. The van der Waals surface area contributed by atoms with Crippen molar-refractivity contribution in [3.63, 3.8) is 0 Å². The van der Waals surface area contributed by atoms with Gasteiger partial charge < -0.3 is 19.8 Å². The summed E-state index contributed by atoms with van der Waals surface area (Å²) in [5.41, 5.74) is 1.52. The summed E-state index contributed by atoms with van der Waals surface area (Å²) in [5.74, 6) is 0.330. The Kier molecular flexibility index (Phi) is 6.42. The Morgan fingerprint density at radius 2 is 1.92 bits per heavy atom. The van der Waals surface area contributed by atoms with Gasteiger partial charge in [0.05, 0.1) is 6.61 Å². The number of piperazine rings is 1. The Hall–Kier alpha value is -2.08. The molecule has 1 heterocycles. The lowest BCUT2D eigenvalue weighted by atomic mass is 10.1. The molecule has 1 saturated heterocycles. The Bertz CT molecular complexity index is 600. The number of hydrogen-bond donors (Lipinski definition) is 1. The number of aliphatic hydroxyl groups is 1. The number of benzene rings is 1. The van der Waals surface area contributed by atoms with Crippen molar-refractivity contribution in [2.45, 2.75) is 26.8 Å². The molecule has 0 aliphatic carbocycles. The van der Waals surface area contributed by atoms with Crippen molar-refractivity contribution >= 4 is 17.5 Å². The first-order valence-corrected chi connectivity index (χ1v) is 8.87. The molecule has 0 saturated carbocycles. The van der Waals surface area contributed by atoms with E-state index in [2.05, 4.69) is 13.8 Å². The van der Waals surface area contributed by atoms with Crippen LogP contribution >= 0.6 is 0 Å². The van der Waals surface area contributed by atoms with Gasteiger partial charge in [0.25, 0.3) is 5.91 Å². The van der Waals surface area contributed by atoms with Gasteiger partial charge in [-0.15, -0.1) is 0 Å². The van der Waals surface area contributed by atoms with Gasteiger partial charge in [0.2, 0.25) is 5.91 Å². The van der Waals surface area contributed by atoms with Gasteiger partial charge in [0.15, 0.2) is 0 Å². The maximum Gasteiger partial charge on any atom is 0.254 e. The van der Waals surface area contributed by atoms with Gasteiger partial charge in [0.1, 0.15) is 6.04 Å². The average molecular weight is 347 g/mol. The molecule has 25 heavy (non-hydrogen) atoms. The van der Waals surface area contributed by atoms with Gasteiger partial charge in [-0.2, -0.15) is 0 Å². The molecule has 1 unspecified atom stereocenters. The van der Waals surface area contributed by atoms with Crippen LogP contribution in [0.5, 0.6) is 0 Å². The maximum atomic E-state index is 12.8. The lowest BCUT2D eigenvalue weighted by molar-refractivity contribution is -0.140. The first-order chi connectivity index (χ1) is 11.8. The summed E-state index contributed by atoms with van der Waals surface area (Å²) in [5, 5.41) is 9.00. The molecule has 0 bridgehead atoms. The predicted molar refractivity (Wildman–Crippen MR) is 98.7 cm³/mol. The number of carbonyl (C=O) groups is 2. The van der Waals surface area contributed by atoms with E-state index in [0.717, 1.165) is 12.2 Å². The summed E-state index contributed by atoms with van der Waals surface area (Å²) in [6.45, 7) is 8.48. The molecule has 1 aliphatic heterocycles. The van der Waals surface area contributed by atoms with Gasteiger partial charge in [-0.05, 0) is 37.1 Å². The minimum Gasteiger partial charge on any atom is -0.395 e. The van der Waals surface area contributed by atoms with Crippen LogP contribution in [0.15, 0.2) is 24.3 Å². The third-order valence-corrected chi connectivity index (χ3v) is 4.58. The van der Waals surface area contributed by atoms with Gasteiger partial charge in [-0.1, -0.05) is 13.8 Å². The van der Waals surface area contributed by atoms with E-state index in [1.165, 1.54) is 0 Å². The maximum absolute atomic E-state index is 12.8. The van der Waals surface area contributed by atoms with E-state index in [1.807, 2.05) is 29.0 Å². The number of nitrogens with zero attached hydrogens (tertiary/aromatic N) is 3. The summed E-state index contributed by atoms with van der Waals surface area (Å²) in [6.07, 6.45) is 0. The lowest BCUT2D eigenvalue weighted by Crippen LogP contribution is -2.58. The molecule has 2 amide bonds. The van der Waals surface area contributed by atoms with Crippen LogP contribution in [-0.2, 0) is 4.79 Å². The van der Waals surface area contributed by atoms with E-state index in [4.69, 9.17) is 5.11 Å². The van der Waals surface area contributed by atoms with Crippen LogP contribution in [0.4, 0.5) is 5.69 Å². The molecule has 0 spiro atoms. The highest BCUT2D eigenvalue weighted by Gasteiger charge is 2.34. The van der Waals surface area contributed by atoms with Crippen LogP contribution in [0, 0.1) is 5.92 Å². The zero-order valence-electron chi connectivity index (χ0n) is 15.6. The molecular weight excluding hydrogens is 318 g/mol. The summed E-state index contributed by atoms with van der Waals surface area (Å²) in [6, 6.07) is 6.86. The fourth-order valence-corrected chi connectivity index (χ4v) is 3.13. The van der Waals surface area contributed by atoms with Crippen molar-refractivity contribution in [1.29, 1.82) is 0 Å². The second kappa shape index (κ2) is 8.34. The monoisotopic (exact) mass is 347 g/mol. The number of rotatable bonds is 6. The Balaban J connectivity index is 2.06. The molecule has 0 radical (unpaired) electrons. The van der Waals surface area contributed by atoms with E-state index < -0.39 is 6.04 Å². The van der Waals surface area contributed by atoms with E-state index in [0.29, 0.717) is 31.1 Å². The van der Waals surface area contributed by atoms with E-state index >= 15 is 0 Å². The first-order valence-electron chi connectivity index (χ1n) is 8.87. The highest BCUT2D eigenvalue weighted by atomic mass is 16.3. The van der Waals surface area contributed by atoms with E-state index in [1.54, 1.807) is 24.0 Å². The van der Waals surface area contributed by atoms with Crippen molar-refractivity contribution in [2.24, 2.45) is 5.92 Å². The topological polar surface area (TPSA) is 64.1 Å². The molecule has 1 aliphatic rings. The highest BCUT2D eigenvalue weighted by Crippen LogP contribution is 2.19. The molecule has 6 heteroatoms. The molecule has 1 aromatic carbocycles. The second-order valence-electron chi connectivity index (χ2n) is 7.04. The smallest absolute Gasteiger partial charge is 0.254 e. The van der Waals surface area contributed by atoms with Gasteiger partial charge in [0, 0.05) is 44.5 Å². The summed E-state index contributed by atoms with van der Waals surface area (Å²) >= 11 is 0. The molecule has 138 valence electrons. The molecule has 2 rings (SSSR count). The van der Waals surface area contributed by atoms with Crippen LogP contribution in [0.25, 0.3) is 0 Å². The van der Waals surface area contributed by atoms with Crippen molar-refractivity contribution in [2.75, 3.05) is 44.7 Å². The molecule has 1 fully saturated rings. The number of likely N-dealkylation sites (N-methyl/N-ethyl adjacent to an activating group) is 1. The van der Waals surface area contributed by atoms with Gasteiger partial charge in [-0.3, -0.25) is 9.59 Å². The lowest BCUT2D eigenvalue weighted by Gasteiger charge is -2.39. The van der Waals surface area contributed by atoms with Crippen molar-refractivity contribution < 1.29 is 14.7 Å². The largest absolute Gasteiger partial charge is 0.395 e. The Labute approximate surface area is 150 Å². The van der Waals surface area contributed by atoms with Crippen LogP contribution in [0.2, 0.25) is 0 Å². The number of amides is 2. The van der Waals surface area contributed by atoms with Crippen LogP contribution < -0.4 is 4.90 Å². The van der Waals surface area contributed by atoms with Crippen molar-refractivity contribution in [1.82, 2.24) is 9.80 Å². The molecule has 6 nitrogen and oxygen atoms in total. The zero-order chi connectivity index (χ0) is 18.6. The standard InChI is InChI=1S/C19H29N3O3/c1-14(2)13-21-9-10-22(15(3)18(21)24)19(25)16-5-7-17(8-6-16)20(4)11-12-23/h5-8,14-15,23H,9-13H2,1-4H3. The normalized spacial score (nSPS) is 18.0. The third kappa shape index (κ3) is 4.51. The van der Waals surface area contributed by atoms with Crippen molar-refractivity contribution in [3.8, 4) is 0 Å². The first kappa shape index (κ1) is 19.2. The number of anilines is 1. The fraction of sp³-hybridized carbons (Fsp3) is 0.579. The van der Waals surface area contributed by atoms with Crippen molar-refractivity contribution in [3.05, 3.63) is 29.8 Å². The fourth-order valence-electron chi connectivity index (χ4n) is 3.13. The molecule has 1 aromatic rings. The Morgan fingerprint density at radius 3 is 2.48 bits per heavy atom. The van der Waals surface area contributed by atoms with Gasteiger partial charge in [-0.25, -0.2) is 0 Å². The SMILES string of the molecule is CC(C)CN1CCN(C(=O)c2ccc(N(C)CCO)cc2)C(C)C1=O. The summed E-state index contributed by atoms with van der Waals surface area (Å²) in [4.78, 5) is 30.8. The van der Waals surface area contributed by atoms with Crippen LogP contribution in [-0.4, -0.2) is 72.6 Å². The summed E-state index contributed by atoms with van der Waals surface area (Å²) in [7, 11) is 1.89. The average Bonchev–Trinajstić information content (AvgIpc) is 2.58. The summed E-state index contributed by atoms with van der Waals surface area (Å²) < 4.78 is 0. The number of hydrogen-bond acceptors (Lipinski definition) is 4. The van der Waals surface area contributed by atoms with Gasteiger partial charge >= 0.3 is 0 Å². The highest BCUT2D eigenvalue weighted by molar-refractivity contribution is 5.98. The zero-order valence-corrected chi connectivity index (χ0v) is 15.6. The van der Waals surface area contributed by atoms with Crippen LogP contribution in [0.1, 0.15) is 31.1 Å². The molecular formula is C19H29N3O3. The number of aliphatic hydroxyl groups excluding tert-OH is 1. The quantitative estimate of drug-likeness (QED) is 0.846. The predicted octanol–water partition coefficient (Wildman–Crippen LogP) is 1.44. The second-order valence-corrected chi connectivity index (χ2v) is 7.04. The minimum atomic E-state index is -0.434. The number of carbonyl (C=O) groups excluding carboxylic acids is 2. The Morgan fingerprint density at radius 1 is 1.28 bits per heavy atom. The molecule has 1 N–H and O–H groups in total. The van der Waals surface area contributed by atoms with E-state index in [-0.39, 0.29) is 18.4 Å². The minimum absolute atomic E-state index is 0.0209. The van der Waals surface area contributed by atoms with Crippen LogP contribution in [0.3, 0.4) is 0 Å². The van der Waals surface area contributed by atoms with E-state index in [9.17, 15) is 9.59 Å².